The van der Waals surface area contributed by atoms with Crippen LogP contribution in [0.15, 0.2) is 9.52 Å². The fraction of sp³-hybridized carbons (Fsp3) is 0.750. The highest BCUT2D eigenvalue weighted by molar-refractivity contribution is 5.79. The third-order valence-electron chi connectivity index (χ3n) is 3.67. The molecule has 0 radical (unpaired) electrons. The van der Waals surface area contributed by atoms with Crippen molar-refractivity contribution in [3.05, 3.63) is 17.0 Å². The van der Waals surface area contributed by atoms with Crippen molar-refractivity contribution in [2.45, 2.75) is 47.1 Å². The maximum atomic E-state index is 5.39. The maximum Gasteiger partial charge on any atom is 0.191 e. The van der Waals surface area contributed by atoms with E-state index >= 15 is 0 Å². The van der Waals surface area contributed by atoms with Gasteiger partial charge in [0, 0.05) is 31.6 Å². The van der Waals surface area contributed by atoms with Gasteiger partial charge in [0.2, 0.25) is 0 Å². The molecule has 0 aromatic carbocycles. The zero-order valence-corrected chi connectivity index (χ0v) is 14.7. The van der Waals surface area contributed by atoms with Crippen molar-refractivity contribution in [2.75, 3.05) is 33.2 Å². The Morgan fingerprint density at radius 2 is 1.95 bits per heavy atom. The molecule has 6 nitrogen and oxygen atoms in total. The third-order valence-corrected chi connectivity index (χ3v) is 3.67. The molecule has 22 heavy (non-hydrogen) atoms. The minimum Gasteiger partial charge on any atom is -0.361 e. The van der Waals surface area contributed by atoms with E-state index in [0.717, 1.165) is 62.0 Å². The van der Waals surface area contributed by atoms with Crippen molar-refractivity contribution < 1.29 is 4.52 Å². The van der Waals surface area contributed by atoms with Crippen molar-refractivity contribution >= 4 is 5.96 Å². The molecule has 0 unspecified atom stereocenters. The average molecular weight is 309 g/mol. The largest absolute Gasteiger partial charge is 0.361 e. The molecule has 6 heteroatoms. The van der Waals surface area contributed by atoms with E-state index in [9.17, 15) is 0 Å². The zero-order chi connectivity index (χ0) is 16.4. The summed E-state index contributed by atoms with van der Waals surface area (Å²) in [6, 6.07) is 0. The molecule has 0 aliphatic heterocycles. The summed E-state index contributed by atoms with van der Waals surface area (Å²) in [4.78, 5) is 6.94. The fourth-order valence-electron chi connectivity index (χ4n) is 2.14. The molecule has 0 spiro atoms. The van der Waals surface area contributed by atoms with Gasteiger partial charge < -0.3 is 20.1 Å². The number of nitrogens with one attached hydrogen (secondary N) is 2. The van der Waals surface area contributed by atoms with Gasteiger partial charge in [0.25, 0.3) is 0 Å². The topological polar surface area (TPSA) is 65.7 Å². The molecule has 1 aromatic heterocycles. The van der Waals surface area contributed by atoms with Crippen LogP contribution in [0.4, 0.5) is 0 Å². The minimum absolute atomic E-state index is 0.606. The van der Waals surface area contributed by atoms with Crippen molar-refractivity contribution in [2.24, 2.45) is 4.99 Å². The lowest BCUT2D eigenvalue weighted by Crippen LogP contribution is -2.40. The molecule has 2 N–H and O–H groups in total. The molecule has 0 amide bonds. The zero-order valence-electron chi connectivity index (χ0n) is 14.7. The van der Waals surface area contributed by atoms with E-state index in [1.54, 1.807) is 0 Å². The Morgan fingerprint density at radius 3 is 2.55 bits per heavy atom. The predicted molar refractivity (Wildman–Crippen MR) is 91.2 cm³/mol. The first-order valence-corrected chi connectivity index (χ1v) is 8.33. The quantitative estimate of drug-likeness (QED) is 0.538. The summed E-state index contributed by atoms with van der Waals surface area (Å²) in [6.45, 7) is 12.8. The molecule has 0 atom stereocenters. The highest BCUT2D eigenvalue weighted by atomic mass is 16.5. The standard InChI is InChI=1S/C16H31N5O/c1-6-14-13(15(7-2)22-20-14)12-19-16(17-8-3)18-10-11-21(5)9-4/h6-12H2,1-5H3,(H2,17,18,19). The van der Waals surface area contributed by atoms with E-state index in [1.807, 2.05) is 0 Å². The summed E-state index contributed by atoms with van der Waals surface area (Å²) in [5, 5.41) is 10.8. The Balaban J connectivity index is 2.67. The van der Waals surface area contributed by atoms with Gasteiger partial charge in [-0.25, -0.2) is 4.99 Å². The molecule has 0 bridgehead atoms. The van der Waals surface area contributed by atoms with Gasteiger partial charge in [0.15, 0.2) is 5.96 Å². The molecule has 1 aromatic rings. The van der Waals surface area contributed by atoms with Crippen LogP contribution in [0.3, 0.4) is 0 Å². The summed E-state index contributed by atoms with van der Waals surface area (Å²) in [7, 11) is 2.12. The smallest absolute Gasteiger partial charge is 0.191 e. The molecule has 0 aliphatic rings. The number of aromatic nitrogens is 1. The lowest BCUT2D eigenvalue weighted by Gasteiger charge is -2.16. The monoisotopic (exact) mass is 309 g/mol. The third kappa shape index (κ3) is 5.67. The Kier molecular flexibility index (Phi) is 8.58. The Bertz CT molecular complexity index is 434. The van der Waals surface area contributed by atoms with Crippen LogP contribution in [0.5, 0.6) is 0 Å². The van der Waals surface area contributed by atoms with Crippen molar-refractivity contribution in [3.63, 3.8) is 0 Å². The maximum absolute atomic E-state index is 5.39. The number of hydrogen-bond donors (Lipinski definition) is 2. The second-order valence-electron chi connectivity index (χ2n) is 5.26. The van der Waals surface area contributed by atoms with Crippen LogP contribution in [0.2, 0.25) is 0 Å². The van der Waals surface area contributed by atoms with Crippen LogP contribution < -0.4 is 10.6 Å². The summed E-state index contributed by atoms with van der Waals surface area (Å²) < 4.78 is 5.39. The number of guanidine groups is 1. The first-order chi connectivity index (χ1) is 10.7. The summed E-state index contributed by atoms with van der Waals surface area (Å²) in [6.07, 6.45) is 1.72. The van der Waals surface area contributed by atoms with E-state index in [2.05, 4.69) is 60.4 Å². The van der Waals surface area contributed by atoms with Gasteiger partial charge in [0.1, 0.15) is 5.76 Å². The number of rotatable bonds is 9. The minimum atomic E-state index is 0.606. The Labute approximate surface area is 134 Å². The van der Waals surface area contributed by atoms with Crippen molar-refractivity contribution in [3.8, 4) is 0 Å². The number of aryl methyl sites for hydroxylation is 2. The normalized spacial score (nSPS) is 12.0. The molecular formula is C16H31N5O. The second-order valence-corrected chi connectivity index (χ2v) is 5.26. The van der Waals surface area contributed by atoms with Gasteiger partial charge >= 0.3 is 0 Å². The number of hydrogen-bond acceptors (Lipinski definition) is 4. The van der Waals surface area contributed by atoms with Crippen LogP contribution in [0, 0.1) is 0 Å². The summed E-state index contributed by atoms with van der Waals surface area (Å²) in [5.41, 5.74) is 2.15. The predicted octanol–water partition coefficient (Wildman–Crippen LogP) is 1.81. The van der Waals surface area contributed by atoms with Crippen LogP contribution in [-0.2, 0) is 19.4 Å². The number of nitrogens with zero attached hydrogens (tertiary/aromatic N) is 3. The number of likely N-dealkylation sites (N-methyl/N-ethyl adjacent to an activating group) is 1. The molecule has 126 valence electrons. The lowest BCUT2D eigenvalue weighted by atomic mass is 10.1. The molecule has 1 rings (SSSR count). The van der Waals surface area contributed by atoms with Crippen LogP contribution in [-0.4, -0.2) is 49.2 Å². The van der Waals surface area contributed by atoms with E-state index in [4.69, 9.17) is 4.52 Å². The Hall–Kier alpha value is -1.56. The van der Waals surface area contributed by atoms with Gasteiger partial charge in [-0.2, -0.15) is 0 Å². The van der Waals surface area contributed by atoms with Gasteiger partial charge in [-0.15, -0.1) is 0 Å². The SMILES string of the molecule is CCNC(=NCc1c(CC)noc1CC)NCCN(C)CC. The molecule has 0 saturated heterocycles. The summed E-state index contributed by atoms with van der Waals surface area (Å²) in [5.74, 6) is 1.79. The van der Waals surface area contributed by atoms with Crippen LogP contribution in [0.25, 0.3) is 0 Å². The van der Waals surface area contributed by atoms with Crippen LogP contribution >= 0.6 is 0 Å². The molecule has 1 heterocycles. The Morgan fingerprint density at radius 1 is 1.18 bits per heavy atom. The fourth-order valence-corrected chi connectivity index (χ4v) is 2.14. The van der Waals surface area contributed by atoms with Crippen molar-refractivity contribution in [1.29, 1.82) is 0 Å². The molecule has 0 saturated carbocycles. The highest BCUT2D eigenvalue weighted by Gasteiger charge is 2.12. The van der Waals surface area contributed by atoms with E-state index in [1.165, 1.54) is 0 Å². The van der Waals surface area contributed by atoms with Crippen molar-refractivity contribution in [1.82, 2.24) is 20.7 Å². The van der Waals surface area contributed by atoms with E-state index in [0.29, 0.717) is 6.54 Å². The highest BCUT2D eigenvalue weighted by Crippen LogP contribution is 2.16. The van der Waals surface area contributed by atoms with E-state index in [-0.39, 0.29) is 0 Å². The number of aliphatic imine (C=N–C) groups is 1. The molecule has 0 aliphatic carbocycles. The average Bonchev–Trinajstić information content (AvgIpc) is 2.94. The molecular weight excluding hydrogens is 278 g/mol. The second kappa shape index (κ2) is 10.2. The molecule has 0 fully saturated rings. The lowest BCUT2D eigenvalue weighted by molar-refractivity contribution is 0.357. The first-order valence-electron chi connectivity index (χ1n) is 8.33. The van der Waals surface area contributed by atoms with Gasteiger partial charge in [-0.3, -0.25) is 0 Å². The van der Waals surface area contributed by atoms with Gasteiger partial charge in [-0.1, -0.05) is 25.9 Å². The van der Waals surface area contributed by atoms with E-state index < -0.39 is 0 Å². The van der Waals surface area contributed by atoms with Crippen LogP contribution in [0.1, 0.15) is 44.7 Å². The van der Waals surface area contributed by atoms with Gasteiger partial charge in [-0.05, 0) is 26.9 Å². The first kappa shape index (κ1) is 18.5. The summed E-state index contributed by atoms with van der Waals surface area (Å²) >= 11 is 0. The van der Waals surface area contributed by atoms with Gasteiger partial charge in [0.05, 0.1) is 12.2 Å².